The summed E-state index contributed by atoms with van der Waals surface area (Å²) in [5.74, 6) is 0.592. The molecule has 4 amide bonds. The molecule has 3 N–H and O–H groups in total. The van der Waals surface area contributed by atoms with Gasteiger partial charge in [0.1, 0.15) is 21.2 Å². The number of carbonyl (C=O) groups excluding carboxylic acids is 3. The van der Waals surface area contributed by atoms with Gasteiger partial charge in [-0.2, -0.15) is 0 Å². The number of aromatic nitrogens is 1. The van der Waals surface area contributed by atoms with Gasteiger partial charge < -0.3 is 20.7 Å². The SMILES string of the molecule is C=CC(=O)NC1CC[C@H](NC(=O)c2sc3nccc4c3c2NC(=O)N4c2ccc(Oc3ccccc3)c(Cl)c2)C1. The van der Waals surface area contributed by atoms with Crippen LogP contribution >= 0.6 is 22.9 Å². The summed E-state index contributed by atoms with van der Waals surface area (Å²) in [7, 11) is 0. The minimum Gasteiger partial charge on any atom is -0.456 e. The summed E-state index contributed by atoms with van der Waals surface area (Å²) >= 11 is 7.77. The quantitative estimate of drug-likeness (QED) is 0.222. The van der Waals surface area contributed by atoms with Gasteiger partial charge in [-0.1, -0.05) is 36.4 Å². The summed E-state index contributed by atoms with van der Waals surface area (Å²) in [6.45, 7) is 3.48. The lowest BCUT2D eigenvalue weighted by Gasteiger charge is -2.28. The first-order valence-corrected chi connectivity index (χ1v) is 13.9. The summed E-state index contributed by atoms with van der Waals surface area (Å²) in [6.07, 6.45) is 4.98. The number of rotatable bonds is 7. The van der Waals surface area contributed by atoms with E-state index in [1.807, 2.05) is 30.3 Å². The number of nitrogens with zero attached hydrogens (tertiary/aromatic N) is 2. The molecule has 1 unspecified atom stereocenters. The number of carbonyl (C=O) groups is 3. The van der Waals surface area contributed by atoms with Crippen LogP contribution in [0.5, 0.6) is 11.5 Å². The van der Waals surface area contributed by atoms with Crippen LogP contribution in [0.2, 0.25) is 5.02 Å². The second kappa shape index (κ2) is 10.6. The van der Waals surface area contributed by atoms with Crippen LogP contribution < -0.4 is 25.6 Å². The number of hydrogen-bond acceptors (Lipinski definition) is 6. The Morgan fingerprint density at radius 2 is 1.90 bits per heavy atom. The third-order valence-corrected chi connectivity index (χ3v) is 8.29. The molecule has 1 saturated carbocycles. The van der Waals surface area contributed by atoms with Crippen LogP contribution in [-0.2, 0) is 4.79 Å². The van der Waals surface area contributed by atoms with Crippen molar-refractivity contribution in [2.75, 3.05) is 10.2 Å². The first-order valence-electron chi connectivity index (χ1n) is 12.7. The van der Waals surface area contributed by atoms with E-state index in [-0.39, 0.29) is 23.9 Å². The molecule has 3 heterocycles. The molecule has 1 aliphatic carbocycles. The zero-order valence-corrected chi connectivity index (χ0v) is 22.7. The molecule has 11 heteroatoms. The van der Waals surface area contributed by atoms with Crippen molar-refractivity contribution in [1.29, 1.82) is 0 Å². The fourth-order valence-electron chi connectivity index (χ4n) is 5.08. The van der Waals surface area contributed by atoms with E-state index in [1.54, 1.807) is 30.5 Å². The van der Waals surface area contributed by atoms with E-state index in [4.69, 9.17) is 16.3 Å². The second-order valence-corrected chi connectivity index (χ2v) is 10.9. The molecule has 2 atom stereocenters. The van der Waals surface area contributed by atoms with Crippen LogP contribution in [-0.4, -0.2) is 34.9 Å². The van der Waals surface area contributed by atoms with Crippen LogP contribution in [0.1, 0.15) is 28.9 Å². The molecule has 0 bridgehead atoms. The van der Waals surface area contributed by atoms with Crippen LogP contribution in [0.3, 0.4) is 0 Å². The Bertz CT molecular complexity index is 1660. The summed E-state index contributed by atoms with van der Waals surface area (Å²) in [4.78, 5) is 45.4. The predicted molar refractivity (Wildman–Crippen MR) is 156 cm³/mol. The predicted octanol–water partition coefficient (Wildman–Crippen LogP) is 6.38. The number of urea groups is 1. The molecule has 4 aromatic rings. The fourth-order valence-corrected chi connectivity index (χ4v) is 6.32. The molecule has 6 rings (SSSR count). The third kappa shape index (κ3) is 4.87. The lowest BCUT2D eigenvalue weighted by atomic mass is 10.1. The lowest BCUT2D eigenvalue weighted by Crippen LogP contribution is -2.37. The summed E-state index contributed by atoms with van der Waals surface area (Å²) in [6, 6.07) is 15.6. The number of halogens is 1. The largest absolute Gasteiger partial charge is 0.456 e. The second-order valence-electron chi connectivity index (χ2n) is 9.50. The maximum absolute atomic E-state index is 13.4. The van der Waals surface area contributed by atoms with Crippen molar-refractivity contribution in [3.8, 4) is 11.5 Å². The fraction of sp³-hybridized carbons (Fsp3) is 0.172. The number of hydrogen-bond donors (Lipinski definition) is 3. The van der Waals surface area contributed by atoms with E-state index in [2.05, 4.69) is 27.5 Å². The molecule has 1 fully saturated rings. The summed E-state index contributed by atoms with van der Waals surface area (Å²) in [5, 5.41) is 9.86. The molecule has 40 heavy (non-hydrogen) atoms. The number of thiophene rings is 1. The molecular weight excluding hydrogens is 550 g/mol. The van der Waals surface area contributed by atoms with Crippen molar-refractivity contribution in [2.24, 2.45) is 0 Å². The highest BCUT2D eigenvalue weighted by molar-refractivity contribution is 7.21. The molecule has 9 nitrogen and oxygen atoms in total. The minimum absolute atomic E-state index is 0.0191. The van der Waals surface area contributed by atoms with Crippen molar-refractivity contribution in [3.05, 3.63) is 83.3 Å². The van der Waals surface area contributed by atoms with Gasteiger partial charge in [-0.05, 0) is 61.7 Å². The Morgan fingerprint density at radius 1 is 1.12 bits per heavy atom. The molecule has 2 aromatic carbocycles. The number of ether oxygens (including phenoxy) is 1. The van der Waals surface area contributed by atoms with Crippen molar-refractivity contribution in [1.82, 2.24) is 15.6 Å². The highest BCUT2D eigenvalue weighted by atomic mass is 35.5. The van der Waals surface area contributed by atoms with Crippen LogP contribution in [0, 0.1) is 0 Å². The van der Waals surface area contributed by atoms with Crippen LogP contribution in [0.15, 0.2) is 73.4 Å². The molecule has 0 radical (unpaired) electrons. The molecule has 2 aromatic heterocycles. The number of amides is 4. The Kier molecular flexibility index (Phi) is 6.87. The Balaban J connectivity index is 1.26. The van der Waals surface area contributed by atoms with Gasteiger partial charge in [-0.15, -0.1) is 11.3 Å². The molecule has 202 valence electrons. The highest BCUT2D eigenvalue weighted by Crippen LogP contribution is 2.46. The van der Waals surface area contributed by atoms with Gasteiger partial charge >= 0.3 is 6.03 Å². The van der Waals surface area contributed by atoms with Crippen molar-refractivity contribution in [2.45, 2.75) is 31.3 Å². The summed E-state index contributed by atoms with van der Waals surface area (Å²) < 4.78 is 5.88. The molecule has 0 saturated heterocycles. The first kappa shape index (κ1) is 25.8. The number of para-hydroxylation sites is 1. The van der Waals surface area contributed by atoms with Gasteiger partial charge in [0, 0.05) is 18.3 Å². The average molecular weight is 574 g/mol. The molecular formula is C29H24ClN5O4S. The Morgan fingerprint density at radius 3 is 2.65 bits per heavy atom. The van der Waals surface area contributed by atoms with Gasteiger partial charge in [-0.3, -0.25) is 14.5 Å². The van der Waals surface area contributed by atoms with E-state index in [0.717, 1.165) is 12.8 Å². The lowest BCUT2D eigenvalue weighted by molar-refractivity contribution is -0.117. The zero-order valence-electron chi connectivity index (χ0n) is 21.1. The third-order valence-electron chi connectivity index (χ3n) is 6.90. The van der Waals surface area contributed by atoms with Crippen LogP contribution in [0.4, 0.5) is 21.9 Å². The highest BCUT2D eigenvalue weighted by Gasteiger charge is 2.34. The van der Waals surface area contributed by atoms with Gasteiger partial charge in [0.2, 0.25) is 5.91 Å². The minimum atomic E-state index is -0.423. The Hall–Kier alpha value is -4.41. The number of pyridine rings is 1. The average Bonchev–Trinajstić information content (AvgIpc) is 3.55. The number of benzene rings is 2. The van der Waals surface area contributed by atoms with Crippen molar-refractivity contribution < 1.29 is 19.1 Å². The number of nitrogens with one attached hydrogen (secondary N) is 3. The monoisotopic (exact) mass is 573 g/mol. The maximum Gasteiger partial charge on any atom is 0.331 e. The molecule has 1 aliphatic heterocycles. The smallest absolute Gasteiger partial charge is 0.331 e. The van der Waals surface area contributed by atoms with Gasteiger partial charge in [-0.25, -0.2) is 9.78 Å². The number of anilines is 3. The maximum atomic E-state index is 13.4. The van der Waals surface area contributed by atoms with Crippen molar-refractivity contribution >= 4 is 68.1 Å². The van der Waals surface area contributed by atoms with Crippen LogP contribution in [0.25, 0.3) is 10.2 Å². The normalized spacial score (nSPS) is 17.8. The van der Waals surface area contributed by atoms with E-state index in [1.165, 1.54) is 22.3 Å². The topological polar surface area (TPSA) is 113 Å². The standard InChI is InChI=1S/C29H24ClN5O4S/c1-2-23(36)32-16-8-9-17(14-16)33-27(37)26-25-24-21(12-13-31-28(24)40-26)35(29(38)34-25)18-10-11-22(20(30)15-18)39-19-6-4-3-5-7-19/h2-7,10-13,15-17H,1,8-9,14H2,(H,32,36)(H,33,37)(H,34,38)/t16?,17-/m0/s1. The van der Waals surface area contributed by atoms with Gasteiger partial charge in [0.25, 0.3) is 5.91 Å². The van der Waals surface area contributed by atoms with Gasteiger partial charge in [0.05, 0.1) is 27.5 Å². The Labute approximate surface area is 238 Å². The van der Waals surface area contributed by atoms with E-state index < -0.39 is 6.03 Å². The summed E-state index contributed by atoms with van der Waals surface area (Å²) in [5.41, 5.74) is 1.57. The molecule has 2 aliphatic rings. The van der Waals surface area contributed by atoms with E-state index in [0.29, 0.717) is 55.1 Å². The first-order chi connectivity index (χ1) is 19.4. The van der Waals surface area contributed by atoms with E-state index >= 15 is 0 Å². The molecule has 0 spiro atoms. The van der Waals surface area contributed by atoms with Gasteiger partial charge in [0.15, 0.2) is 0 Å². The van der Waals surface area contributed by atoms with Crippen molar-refractivity contribution in [3.63, 3.8) is 0 Å². The zero-order chi connectivity index (χ0) is 27.8. The van der Waals surface area contributed by atoms with E-state index in [9.17, 15) is 14.4 Å².